The van der Waals surface area contributed by atoms with Crippen molar-refractivity contribution in [3.05, 3.63) is 53.2 Å². The molecule has 0 bridgehead atoms. The smallest absolute Gasteiger partial charge is 0.203 e. The van der Waals surface area contributed by atoms with Gasteiger partial charge in [-0.3, -0.25) is 0 Å². The molecule has 1 heterocycles. The largest absolute Gasteiger partial charge is 0.493 e. The lowest BCUT2D eigenvalue weighted by Gasteiger charge is -2.25. The Morgan fingerprint density at radius 1 is 0.941 bits per heavy atom. The Labute approximate surface area is 201 Å². The van der Waals surface area contributed by atoms with Crippen molar-refractivity contribution in [3.8, 4) is 34.8 Å². The predicted octanol–water partition coefficient (Wildman–Crippen LogP) is 3.97. The maximum atomic E-state index is 9.62. The van der Waals surface area contributed by atoms with Crippen LogP contribution in [0.15, 0.2) is 42.1 Å². The highest BCUT2D eigenvalue weighted by atomic mass is 16.5. The van der Waals surface area contributed by atoms with E-state index in [9.17, 15) is 5.26 Å². The van der Waals surface area contributed by atoms with Crippen molar-refractivity contribution in [1.82, 2.24) is 4.90 Å². The molecule has 1 saturated heterocycles. The van der Waals surface area contributed by atoms with Crippen LogP contribution in [0.2, 0.25) is 0 Å². The lowest BCUT2D eigenvalue weighted by Crippen LogP contribution is -2.32. The number of rotatable bonds is 11. The topological polar surface area (TPSA) is 82.4 Å². The minimum Gasteiger partial charge on any atom is -0.493 e. The number of nitriles is 1. The Hall–Kier alpha value is -3.57. The van der Waals surface area contributed by atoms with Gasteiger partial charge < -0.3 is 33.3 Å². The van der Waals surface area contributed by atoms with Crippen LogP contribution in [0.5, 0.6) is 28.7 Å². The summed E-state index contributed by atoms with van der Waals surface area (Å²) in [6, 6.07) is 11.8. The Morgan fingerprint density at radius 3 is 2.21 bits per heavy atom. The third-order valence-electron chi connectivity index (χ3n) is 5.35. The standard InChI is InChI=1S/C26H32N2O6/c1-5-33-23-13-19(12-21(16-27)17-28-8-10-32-11-9-28)6-7-22(23)34-18-20-14-24(29-2)26(31-4)25(15-20)30-3/h6-7,13-15,17H,5,8-12,18H2,1-4H3/b21-17-. The first kappa shape index (κ1) is 25.1. The van der Waals surface area contributed by atoms with Crippen molar-refractivity contribution in [3.63, 3.8) is 0 Å². The van der Waals surface area contributed by atoms with Gasteiger partial charge in [-0.1, -0.05) is 6.07 Å². The molecule has 182 valence electrons. The molecule has 0 aliphatic carbocycles. The fourth-order valence-corrected chi connectivity index (χ4v) is 3.69. The lowest BCUT2D eigenvalue weighted by molar-refractivity contribution is 0.0591. The second-order valence-electron chi connectivity index (χ2n) is 7.63. The van der Waals surface area contributed by atoms with Crippen LogP contribution >= 0.6 is 0 Å². The van der Waals surface area contributed by atoms with Crippen LogP contribution in [-0.2, 0) is 17.8 Å². The molecular formula is C26H32N2O6. The van der Waals surface area contributed by atoms with Crippen molar-refractivity contribution in [2.24, 2.45) is 0 Å². The van der Waals surface area contributed by atoms with E-state index in [1.54, 1.807) is 21.3 Å². The summed E-state index contributed by atoms with van der Waals surface area (Å²) in [5.41, 5.74) is 2.53. The summed E-state index contributed by atoms with van der Waals surface area (Å²) >= 11 is 0. The van der Waals surface area contributed by atoms with E-state index in [-0.39, 0.29) is 6.61 Å². The van der Waals surface area contributed by atoms with Crippen molar-refractivity contribution in [2.45, 2.75) is 20.0 Å². The predicted molar refractivity (Wildman–Crippen MR) is 128 cm³/mol. The Bertz CT molecular complexity index is 999. The fraction of sp³-hybridized carbons (Fsp3) is 0.423. The lowest BCUT2D eigenvalue weighted by atomic mass is 10.1. The number of morpholine rings is 1. The molecule has 2 aromatic rings. The maximum Gasteiger partial charge on any atom is 0.203 e. The molecule has 2 aromatic carbocycles. The van der Waals surface area contributed by atoms with Gasteiger partial charge in [0, 0.05) is 31.3 Å². The summed E-state index contributed by atoms with van der Waals surface area (Å²) in [6.45, 7) is 5.67. The summed E-state index contributed by atoms with van der Waals surface area (Å²) in [6.07, 6.45) is 2.44. The zero-order valence-electron chi connectivity index (χ0n) is 20.3. The molecule has 1 aliphatic heterocycles. The van der Waals surface area contributed by atoms with Crippen LogP contribution in [0.1, 0.15) is 18.1 Å². The van der Waals surface area contributed by atoms with E-state index in [0.717, 1.165) is 24.2 Å². The number of nitrogens with zero attached hydrogens (tertiary/aromatic N) is 2. The zero-order chi connectivity index (χ0) is 24.3. The number of allylic oxidation sites excluding steroid dienone is 1. The first-order valence-corrected chi connectivity index (χ1v) is 11.2. The number of hydrogen-bond acceptors (Lipinski definition) is 8. The molecule has 0 atom stereocenters. The number of hydrogen-bond donors (Lipinski definition) is 0. The minimum atomic E-state index is 0.288. The van der Waals surface area contributed by atoms with Crippen molar-refractivity contribution >= 4 is 0 Å². The van der Waals surface area contributed by atoms with Gasteiger partial charge in [0.1, 0.15) is 6.61 Å². The molecular weight excluding hydrogens is 436 g/mol. The molecule has 0 radical (unpaired) electrons. The third kappa shape index (κ3) is 6.49. The van der Waals surface area contributed by atoms with Gasteiger partial charge in [-0.2, -0.15) is 5.26 Å². The SMILES string of the molecule is CCOc1cc(C/C(C#N)=C/N2CCOCC2)ccc1OCc1cc(OC)c(OC)c(OC)c1. The van der Waals surface area contributed by atoms with Crippen molar-refractivity contribution in [1.29, 1.82) is 5.26 Å². The third-order valence-corrected chi connectivity index (χ3v) is 5.35. The molecule has 0 unspecified atom stereocenters. The van der Waals surface area contributed by atoms with Gasteiger partial charge in [0.25, 0.3) is 0 Å². The van der Waals surface area contributed by atoms with Crippen LogP contribution in [0.4, 0.5) is 0 Å². The highest BCUT2D eigenvalue weighted by molar-refractivity contribution is 5.54. The summed E-state index contributed by atoms with van der Waals surface area (Å²) in [4.78, 5) is 2.13. The molecule has 0 spiro atoms. The molecule has 8 heteroatoms. The summed E-state index contributed by atoms with van der Waals surface area (Å²) in [5.74, 6) is 2.92. The minimum absolute atomic E-state index is 0.288. The first-order chi connectivity index (χ1) is 16.6. The fourth-order valence-electron chi connectivity index (χ4n) is 3.69. The van der Waals surface area contributed by atoms with Gasteiger partial charge in [-0.25, -0.2) is 0 Å². The van der Waals surface area contributed by atoms with Crippen molar-refractivity contribution in [2.75, 3.05) is 54.2 Å². The second-order valence-corrected chi connectivity index (χ2v) is 7.63. The van der Waals surface area contributed by atoms with E-state index in [1.807, 2.05) is 43.5 Å². The molecule has 8 nitrogen and oxygen atoms in total. The summed E-state index contributed by atoms with van der Waals surface area (Å²) < 4.78 is 33.5. The van der Waals surface area contributed by atoms with Crippen LogP contribution < -0.4 is 23.7 Å². The molecule has 1 fully saturated rings. The monoisotopic (exact) mass is 468 g/mol. The van der Waals surface area contributed by atoms with E-state index < -0.39 is 0 Å². The van der Waals surface area contributed by atoms with Crippen LogP contribution in [0, 0.1) is 11.3 Å². The normalized spacial score (nSPS) is 13.7. The average Bonchev–Trinajstić information content (AvgIpc) is 2.87. The molecule has 0 amide bonds. The molecule has 0 saturated carbocycles. The zero-order valence-corrected chi connectivity index (χ0v) is 20.3. The maximum absolute atomic E-state index is 9.62. The van der Waals surface area contributed by atoms with Gasteiger partial charge in [0.05, 0.1) is 47.2 Å². The van der Waals surface area contributed by atoms with E-state index in [0.29, 0.717) is 60.6 Å². The van der Waals surface area contributed by atoms with Gasteiger partial charge in [-0.05, 0) is 42.3 Å². The second kappa shape index (κ2) is 12.6. The number of benzene rings is 2. The number of ether oxygens (including phenoxy) is 6. The van der Waals surface area contributed by atoms with Crippen molar-refractivity contribution < 1.29 is 28.4 Å². The molecule has 0 N–H and O–H groups in total. The summed E-state index contributed by atoms with van der Waals surface area (Å²) in [7, 11) is 4.73. The van der Waals surface area contributed by atoms with Gasteiger partial charge in [0.15, 0.2) is 23.0 Å². The highest BCUT2D eigenvalue weighted by Crippen LogP contribution is 2.39. The Kier molecular flexibility index (Phi) is 9.30. The van der Waals surface area contributed by atoms with Gasteiger partial charge in [-0.15, -0.1) is 0 Å². The number of methoxy groups -OCH3 is 3. The highest BCUT2D eigenvalue weighted by Gasteiger charge is 2.15. The average molecular weight is 469 g/mol. The van der Waals surface area contributed by atoms with Gasteiger partial charge >= 0.3 is 0 Å². The Balaban J connectivity index is 1.75. The molecule has 1 aliphatic rings. The molecule has 34 heavy (non-hydrogen) atoms. The van der Waals surface area contributed by atoms with Crippen LogP contribution in [0.25, 0.3) is 0 Å². The molecule has 3 rings (SSSR count). The van der Waals surface area contributed by atoms with E-state index in [1.165, 1.54) is 0 Å². The van der Waals surface area contributed by atoms with Gasteiger partial charge in [0.2, 0.25) is 5.75 Å². The molecule has 0 aromatic heterocycles. The quantitative estimate of drug-likeness (QED) is 0.458. The van der Waals surface area contributed by atoms with E-state index in [2.05, 4.69) is 11.0 Å². The first-order valence-electron chi connectivity index (χ1n) is 11.2. The van der Waals surface area contributed by atoms with Crippen LogP contribution in [0.3, 0.4) is 0 Å². The van der Waals surface area contributed by atoms with E-state index >= 15 is 0 Å². The Morgan fingerprint density at radius 2 is 1.62 bits per heavy atom. The van der Waals surface area contributed by atoms with Crippen LogP contribution in [-0.4, -0.2) is 59.1 Å². The van der Waals surface area contributed by atoms with E-state index in [4.69, 9.17) is 28.4 Å². The summed E-state index contributed by atoms with van der Waals surface area (Å²) in [5, 5.41) is 9.62.